The van der Waals surface area contributed by atoms with E-state index in [1.54, 1.807) is 55.6 Å². The number of Topliss-reactive ketones (excluding diaryl/α,β-unsaturated/α-hetero) is 1. The van der Waals surface area contributed by atoms with Crippen LogP contribution in [0.1, 0.15) is 21.5 Å². The smallest absolute Gasteiger partial charge is 0.352 e. The minimum absolute atomic E-state index is 0.191. The van der Waals surface area contributed by atoms with Crippen molar-refractivity contribution in [2.24, 2.45) is 0 Å². The van der Waals surface area contributed by atoms with Gasteiger partial charge in [-0.2, -0.15) is 0 Å². The van der Waals surface area contributed by atoms with Gasteiger partial charge in [-0.25, -0.2) is 13.9 Å². The largest absolute Gasteiger partial charge is 0.497 e. The molecule has 0 amide bonds. The molecule has 170 valence electrons. The first-order valence-corrected chi connectivity index (χ1v) is 10.8. The molecule has 0 unspecified atom stereocenters. The molecule has 5 aromatic rings. The first kappa shape index (κ1) is 21.4. The Kier molecular flexibility index (Phi) is 5.33. The SMILES string of the molecule is COc1ccc(C(=O)Cn2nc3n(Cc4ccc(C)cc4)c(=O)c4ccccc4n3c2=O)cc1. The van der Waals surface area contributed by atoms with Crippen LogP contribution in [0.5, 0.6) is 5.75 Å². The molecule has 0 fully saturated rings. The van der Waals surface area contributed by atoms with Crippen molar-refractivity contribution < 1.29 is 9.53 Å². The number of carbonyl (C=O) groups excluding carboxylic acids is 1. The van der Waals surface area contributed by atoms with Crippen LogP contribution in [-0.4, -0.2) is 31.6 Å². The van der Waals surface area contributed by atoms with Gasteiger partial charge in [0.2, 0.25) is 5.78 Å². The molecule has 0 aliphatic rings. The predicted octanol–water partition coefficient (Wildman–Crippen LogP) is 3.06. The number of ketones is 1. The van der Waals surface area contributed by atoms with E-state index in [0.717, 1.165) is 15.8 Å². The lowest BCUT2D eigenvalue weighted by atomic mass is 10.1. The number of ether oxygens (including phenoxy) is 1. The zero-order chi connectivity index (χ0) is 23.8. The molecule has 8 heteroatoms. The van der Waals surface area contributed by atoms with E-state index in [1.165, 1.54) is 8.97 Å². The van der Waals surface area contributed by atoms with Crippen LogP contribution >= 0.6 is 0 Å². The summed E-state index contributed by atoms with van der Waals surface area (Å²) in [5.74, 6) is 0.551. The summed E-state index contributed by atoms with van der Waals surface area (Å²) in [4.78, 5) is 39.6. The molecule has 0 saturated carbocycles. The van der Waals surface area contributed by atoms with Crippen LogP contribution in [-0.2, 0) is 13.1 Å². The molecule has 3 aromatic carbocycles. The number of hydrogen-bond acceptors (Lipinski definition) is 5. The van der Waals surface area contributed by atoms with Crippen LogP contribution in [0, 0.1) is 6.92 Å². The van der Waals surface area contributed by atoms with Crippen molar-refractivity contribution in [3.63, 3.8) is 0 Å². The molecule has 5 rings (SSSR count). The van der Waals surface area contributed by atoms with Crippen molar-refractivity contribution in [3.8, 4) is 5.75 Å². The second-order valence-corrected chi connectivity index (χ2v) is 8.12. The Balaban J connectivity index is 1.65. The number of para-hydroxylation sites is 1. The number of aromatic nitrogens is 4. The zero-order valence-corrected chi connectivity index (χ0v) is 18.8. The molecule has 2 heterocycles. The van der Waals surface area contributed by atoms with Gasteiger partial charge in [-0.15, -0.1) is 5.10 Å². The molecule has 8 nitrogen and oxygen atoms in total. The molecular formula is C26H22N4O4. The second kappa shape index (κ2) is 8.47. The van der Waals surface area contributed by atoms with Crippen molar-refractivity contribution >= 4 is 22.5 Å². The summed E-state index contributed by atoms with van der Waals surface area (Å²) in [5.41, 5.74) is 2.17. The zero-order valence-electron chi connectivity index (χ0n) is 18.8. The van der Waals surface area contributed by atoms with Crippen molar-refractivity contribution in [1.82, 2.24) is 18.7 Å². The third-order valence-corrected chi connectivity index (χ3v) is 5.85. The van der Waals surface area contributed by atoms with Crippen molar-refractivity contribution in [2.75, 3.05) is 7.11 Å². The lowest BCUT2D eigenvalue weighted by molar-refractivity contribution is 0.0966. The number of rotatable bonds is 6. The number of methoxy groups -OCH3 is 1. The highest BCUT2D eigenvalue weighted by Crippen LogP contribution is 2.14. The highest BCUT2D eigenvalue weighted by atomic mass is 16.5. The first-order chi connectivity index (χ1) is 16.5. The average Bonchev–Trinajstić information content (AvgIpc) is 3.18. The molecule has 0 atom stereocenters. The van der Waals surface area contributed by atoms with E-state index >= 15 is 0 Å². The third kappa shape index (κ3) is 3.69. The highest BCUT2D eigenvalue weighted by Gasteiger charge is 2.19. The van der Waals surface area contributed by atoms with E-state index in [4.69, 9.17) is 4.74 Å². The van der Waals surface area contributed by atoms with Crippen LogP contribution in [0.25, 0.3) is 16.7 Å². The van der Waals surface area contributed by atoms with Gasteiger partial charge in [-0.1, -0.05) is 42.0 Å². The summed E-state index contributed by atoms with van der Waals surface area (Å²) in [6.07, 6.45) is 0. The molecule has 0 aliphatic heterocycles. The first-order valence-electron chi connectivity index (χ1n) is 10.8. The summed E-state index contributed by atoms with van der Waals surface area (Å²) in [6, 6.07) is 21.4. The van der Waals surface area contributed by atoms with Gasteiger partial charge < -0.3 is 4.74 Å². The number of carbonyl (C=O) groups is 1. The lowest BCUT2D eigenvalue weighted by Crippen LogP contribution is -2.27. The number of benzene rings is 3. The standard InChI is InChI=1S/C26H22N4O4/c1-17-7-9-18(10-8-17)15-28-24(32)21-5-3-4-6-22(21)30-25(28)27-29(26(30)33)16-23(31)19-11-13-20(34-2)14-12-19/h3-14H,15-16H2,1-2H3. The van der Waals surface area contributed by atoms with Gasteiger partial charge in [-0.05, 0) is 48.9 Å². The summed E-state index contributed by atoms with van der Waals surface area (Å²) < 4.78 is 9.11. The fraction of sp³-hybridized carbons (Fsp3) is 0.154. The summed E-state index contributed by atoms with van der Waals surface area (Å²) in [5, 5.41) is 4.83. The Hall–Kier alpha value is -4.46. The van der Waals surface area contributed by atoms with Gasteiger partial charge in [0.1, 0.15) is 12.3 Å². The van der Waals surface area contributed by atoms with Gasteiger partial charge in [0.15, 0.2) is 5.78 Å². The number of aryl methyl sites for hydroxylation is 1. The van der Waals surface area contributed by atoms with E-state index < -0.39 is 5.69 Å². The van der Waals surface area contributed by atoms with Gasteiger partial charge in [0.05, 0.1) is 24.6 Å². The van der Waals surface area contributed by atoms with Gasteiger partial charge >= 0.3 is 5.69 Å². The van der Waals surface area contributed by atoms with Crippen LogP contribution in [0.2, 0.25) is 0 Å². The van der Waals surface area contributed by atoms with Crippen LogP contribution in [0.15, 0.2) is 82.4 Å². The molecule has 0 spiro atoms. The van der Waals surface area contributed by atoms with E-state index in [-0.39, 0.29) is 30.2 Å². The normalized spacial score (nSPS) is 11.2. The molecule has 0 saturated heterocycles. The number of hydrogen-bond donors (Lipinski definition) is 0. The Morgan fingerprint density at radius 1 is 0.941 bits per heavy atom. The van der Waals surface area contributed by atoms with E-state index in [9.17, 15) is 14.4 Å². The van der Waals surface area contributed by atoms with E-state index in [1.807, 2.05) is 31.2 Å². The maximum atomic E-state index is 13.4. The minimum Gasteiger partial charge on any atom is -0.497 e. The van der Waals surface area contributed by atoms with Gasteiger partial charge in [0, 0.05) is 5.56 Å². The monoisotopic (exact) mass is 454 g/mol. The van der Waals surface area contributed by atoms with Crippen molar-refractivity contribution in [3.05, 3.63) is 110 Å². The molecule has 0 bridgehead atoms. The number of fused-ring (bicyclic) bond motifs is 3. The topological polar surface area (TPSA) is 87.6 Å². The lowest BCUT2D eigenvalue weighted by Gasteiger charge is -2.10. The van der Waals surface area contributed by atoms with Crippen molar-refractivity contribution in [2.45, 2.75) is 20.0 Å². The Bertz CT molecular complexity index is 1640. The Morgan fingerprint density at radius 3 is 2.35 bits per heavy atom. The molecule has 0 aliphatic carbocycles. The van der Waals surface area contributed by atoms with Gasteiger partial charge in [0.25, 0.3) is 5.56 Å². The fourth-order valence-corrected chi connectivity index (χ4v) is 3.99. The average molecular weight is 454 g/mol. The molecule has 34 heavy (non-hydrogen) atoms. The number of nitrogens with zero attached hydrogens (tertiary/aromatic N) is 4. The molecular weight excluding hydrogens is 432 g/mol. The maximum absolute atomic E-state index is 13.4. The van der Waals surface area contributed by atoms with Crippen LogP contribution in [0.3, 0.4) is 0 Å². The van der Waals surface area contributed by atoms with Crippen LogP contribution < -0.4 is 16.0 Å². The molecule has 0 N–H and O–H groups in total. The second-order valence-electron chi connectivity index (χ2n) is 8.12. The third-order valence-electron chi connectivity index (χ3n) is 5.85. The summed E-state index contributed by atoms with van der Waals surface area (Å²) >= 11 is 0. The quantitative estimate of drug-likeness (QED) is 0.368. The van der Waals surface area contributed by atoms with Gasteiger partial charge in [-0.3, -0.25) is 14.2 Å². The predicted molar refractivity (Wildman–Crippen MR) is 129 cm³/mol. The van der Waals surface area contributed by atoms with E-state index in [2.05, 4.69) is 5.10 Å². The van der Waals surface area contributed by atoms with Crippen molar-refractivity contribution in [1.29, 1.82) is 0 Å². The highest BCUT2D eigenvalue weighted by molar-refractivity contribution is 5.96. The van der Waals surface area contributed by atoms with Crippen LogP contribution in [0.4, 0.5) is 0 Å². The Morgan fingerprint density at radius 2 is 1.65 bits per heavy atom. The molecule has 2 aromatic heterocycles. The summed E-state index contributed by atoms with van der Waals surface area (Å²) in [6.45, 7) is 1.99. The van der Waals surface area contributed by atoms with E-state index in [0.29, 0.717) is 22.2 Å². The minimum atomic E-state index is -0.481. The maximum Gasteiger partial charge on any atom is 0.352 e. The fourth-order valence-electron chi connectivity index (χ4n) is 3.99. The Labute approximate surface area is 194 Å². The summed E-state index contributed by atoms with van der Waals surface area (Å²) in [7, 11) is 1.55. The molecule has 0 radical (unpaired) electrons.